The molecule has 0 spiro atoms. The lowest BCUT2D eigenvalue weighted by Gasteiger charge is -2.34. The second kappa shape index (κ2) is 8.04. The van der Waals surface area contributed by atoms with Gasteiger partial charge in [0.15, 0.2) is 5.82 Å². The van der Waals surface area contributed by atoms with E-state index in [0.717, 1.165) is 37.3 Å². The van der Waals surface area contributed by atoms with E-state index < -0.39 is 0 Å². The van der Waals surface area contributed by atoms with E-state index in [4.69, 9.17) is 0 Å². The Hall–Kier alpha value is -3.20. The van der Waals surface area contributed by atoms with Gasteiger partial charge in [0.2, 0.25) is 17.7 Å². The minimum atomic E-state index is -0.0445. The number of aromatic hydroxyl groups is 1. The summed E-state index contributed by atoms with van der Waals surface area (Å²) in [6.07, 6.45) is 5.27. The van der Waals surface area contributed by atoms with E-state index in [2.05, 4.69) is 35.1 Å². The molecule has 2 aromatic rings. The molecule has 2 aliphatic heterocycles. The molecule has 9 heteroatoms. The number of nitrogens with one attached hydrogen (secondary N) is 2. The third-order valence-electron chi connectivity index (χ3n) is 4.91. The molecule has 0 aliphatic carbocycles. The second-order valence-corrected chi connectivity index (χ2v) is 7.52. The van der Waals surface area contributed by atoms with Crippen LogP contribution in [0.2, 0.25) is 0 Å². The fourth-order valence-electron chi connectivity index (χ4n) is 3.50. The number of carbonyl (C=O) groups excluding carboxylic acids is 1. The summed E-state index contributed by atoms with van der Waals surface area (Å²) < 4.78 is 0. The highest BCUT2D eigenvalue weighted by Crippen LogP contribution is 2.32. The molecule has 4 heterocycles. The van der Waals surface area contributed by atoms with Crippen LogP contribution in [0.25, 0.3) is 11.6 Å². The number of piperazine rings is 1. The Labute approximate surface area is 169 Å². The van der Waals surface area contributed by atoms with E-state index >= 15 is 0 Å². The number of hydrogen-bond donors (Lipinski definition) is 3. The van der Waals surface area contributed by atoms with Crippen molar-refractivity contribution in [3.63, 3.8) is 0 Å². The van der Waals surface area contributed by atoms with Gasteiger partial charge < -0.3 is 20.3 Å². The number of carbonyl (C=O) groups is 1. The number of pyridine rings is 1. The normalized spacial score (nSPS) is 17.9. The van der Waals surface area contributed by atoms with E-state index in [1.807, 2.05) is 32.1 Å². The summed E-state index contributed by atoms with van der Waals surface area (Å²) in [4.78, 5) is 32.1. The van der Waals surface area contributed by atoms with Crippen molar-refractivity contribution in [2.24, 2.45) is 4.99 Å². The summed E-state index contributed by atoms with van der Waals surface area (Å²) in [5.74, 6) is 1.31. The fraction of sp³-hybridized carbons (Fsp3) is 0.400. The van der Waals surface area contributed by atoms with Gasteiger partial charge in [0.25, 0.3) is 0 Å². The van der Waals surface area contributed by atoms with Gasteiger partial charge >= 0.3 is 0 Å². The van der Waals surface area contributed by atoms with Crippen LogP contribution >= 0.6 is 0 Å². The molecule has 2 aromatic heterocycles. The highest BCUT2D eigenvalue weighted by atomic mass is 16.3. The van der Waals surface area contributed by atoms with Crippen LogP contribution in [0.4, 0.5) is 11.8 Å². The van der Waals surface area contributed by atoms with Crippen LogP contribution in [-0.4, -0.2) is 75.8 Å². The number of aromatic nitrogens is 3. The molecule has 1 fully saturated rings. The largest absolute Gasteiger partial charge is 0.492 e. The van der Waals surface area contributed by atoms with Crippen molar-refractivity contribution in [2.45, 2.75) is 19.9 Å². The molecule has 1 saturated heterocycles. The van der Waals surface area contributed by atoms with Crippen LogP contribution in [0.3, 0.4) is 0 Å². The predicted molar refractivity (Wildman–Crippen MR) is 112 cm³/mol. The van der Waals surface area contributed by atoms with Gasteiger partial charge in [0.05, 0.1) is 6.54 Å². The Morgan fingerprint density at radius 1 is 1.34 bits per heavy atom. The van der Waals surface area contributed by atoms with Gasteiger partial charge in [-0.3, -0.25) is 9.69 Å². The molecule has 0 bridgehead atoms. The molecule has 0 radical (unpaired) electrons. The first-order chi connectivity index (χ1) is 14.0. The minimum Gasteiger partial charge on any atom is -0.492 e. The van der Waals surface area contributed by atoms with E-state index in [-0.39, 0.29) is 17.8 Å². The summed E-state index contributed by atoms with van der Waals surface area (Å²) in [5, 5.41) is 13.2. The minimum absolute atomic E-state index is 0.0445. The summed E-state index contributed by atoms with van der Waals surface area (Å²) in [6.45, 7) is 7.29. The predicted octanol–water partition coefficient (Wildman–Crippen LogP) is 1.41. The lowest BCUT2D eigenvalue weighted by Crippen LogP contribution is -2.50. The molecule has 0 atom stereocenters. The smallest absolute Gasteiger partial charge is 0.238 e. The Bertz CT molecular complexity index is 955. The van der Waals surface area contributed by atoms with Crippen LogP contribution < -0.4 is 10.2 Å². The van der Waals surface area contributed by atoms with Gasteiger partial charge in [-0.15, -0.1) is 0 Å². The highest BCUT2D eigenvalue weighted by Gasteiger charge is 2.22. The molecule has 0 unspecified atom stereocenters. The van der Waals surface area contributed by atoms with E-state index in [0.29, 0.717) is 24.0 Å². The van der Waals surface area contributed by atoms with Crippen molar-refractivity contribution >= 4 is 35.5 Å². The number of nitrogens with zero attached hydrogens (tertiary/aromatic N) is 5. The Morgan fingerprint density at radius 3 is 2.90 bits per heavy atom. The van der Waals surface area contributed by atoms with Crippen LogP contribution in [0.5, 0.6) is 5.88 Å². The van der Waals surface area contributed by atoms with Gasteiger partial charge in [0, 0.05) is 55.8 Å². The zero-order chi connectivity index (χ0) is 20.4. The van der Waals surface area contributed by atoms with Crippen molar-refractivity contribution in [3.8, 4) is 5.88 Å². The zero-order valence-corrected chi connectivity index (χ0v) is 16.6. The molecule has 3 N–H and O–H groups in total. The first-order valence-corrected chi connectivity index (χ1v) is 9.76. The molecule has 29 heavy (non-hydrogen) atoms. The van der Waals surface area contributed by atoms with Crippen LogP contribution in [-0.2, 0) is 4.79 Å². The van der Waals surface area contributed by atoms with Crippen molar-refractivity contribution < 1.29 is 9.90 Å². The summed E-state index contributed by atoms with van der Waals surface area (Å²) in [5.41, 5.74) is 2.34. The molecule has 9 nitrogen and oxygen atoms in total. The lowest BCUT2D eigenvalue weighted by molar-refractivity contribution is -0.122. The van der Waals surface area contributed by atoms with Crippen LogP contribution in [0, 0.1) is 0 Å². The first kappa shape index (κ1) is 19.1. The number of imidazole rings is 1. The van der Waals surface area contributed by atoms with Gasteiger partial charge in [-0.25, -0.2) is 9.98 Å². The van der Waals surface area contributed by atoms with Gasteiger partial charge in [-0.1, -0.05) is 0 Å². The molecule has 2 aliphatic rings. The van der Waals surface area contributed by atoms with Gasteiger partial charge in [-0.05, 0) is 32.1 Å². The average molecular weight is 395 g/mol. The van der Waals surface area contributed by atoms with E-state index in [9.17, 15) is 9.90 Å². The maximum Gasteiger partial charge on any atom is 0.238 e. The van der Waals surface area contributed by atoms with E-state index in [1.165, 1.54) is 0 Å². The summed E-state index contributed by atoms with van der Waals surface area (Å²) >= 11 is 0. The quantitative estimate of drug-likeness (QED) is 0.706. The molecular formula is C20H25N7O2. The second-order valence-electron chi connectivity index (χ2n) is 7.52. The summed E-state index contributed by atoms with van der Waals surface area (Å²) in [7, 11) is 0. The molecular weight excluding hydrogens is 370 g/mol. The Morgan fingerprint density at radius 2 is 2.14 bits per heavy atom. The number of fused-ring (bicyclic) bond motifs is 1. The monoisotopic (exact) mass is 395 g/mol. The number of allylic oxidation sites excluding steroid dienone is 1. The van der Waals surface area contributed by atoms with Crippen molar-refractivity contribution in [2.75, 3.05) is 37.6 Å². The summed E-state index contributed by atoms with van der Waals surface area (Å²) in [6, 6.07) is 3.96. The standard InChI is InChI=1S/C20H25N7O2/c1-13(2)23-17(28)12-26-6-8-27(9-7-26)20-24-16(19(29)25-20)10-14-11-22-18-15(14)4-3-5-21-18/h3-5,10-11,13,29H,6-9,12H2,1-2H3,(H,23,28)(H,24,25). The number of rotatable bonds is 5. The maximum absolute atomic E-state index is 11.9. The molecule has 1 amide bonds. The van der Waals surface area contributed by atoms with Crippen molar-refractivity contribution in [3.05, 3.63) is 29.6 Å². The first-order valence-electron chi connectivity index (χ1n) is 9.76. The van der Waals surface area contributed by atoms with Crippen molar-refractivity contribution in [1.82, 2.24) is 25.2 Å². The number of anilines is 1. The Balaban J connectivity index is 1.40. The maximum atomic E-state index is 11.9. The number of H-pyrrole nitrogens is 1. The fourth-order valence-corrected chi connectivity index (χ4v) is 3.50. The Kier molecular flexibility index (Phi) is 5.30. The molecule has 152 valence electrons. The molecule has 4 rings (SSSR count). The molecule has 0 aromatic carbocycles. The SMILES string of the molecule is CC(C)NC(=O)CN1CCN(c2nc(O)c(C=C3C=Nc4ncccc43)[nH]2)CC1. The van der Waals surface area contributed by atoms with Crippen LogP contribution in [0.15, 0.2) is 23.3 Å². The third-order valence-corrected chi connectivity index (χ3v) is 4.91. The number of hydrogen-bond acceptors (Lipinski definition) is 7. The topological polar surface area (TPSA) is 110 Å². The average Bonchev–Trinajstić information content (AvgIpc) is 3.26. The number of aliphatic imine (C=N–C) groups is 1. The van der Waals surface area contributed by atoms with Crippen molar-refractivity contribution in [1.29, 1.82) is 0 Å². The lowest BCUT2D eigenvalue weighted by atomic mass is 10.1. The third kappa shape index (κ3) is 4.29. The zero-order valence-electron chi connectivity index (χ0n) is 16.6. The molecule has 0 saturated carbocycles. The van der Waals surface area contributed by atoms with Crippen LogP contribution in [0.1, 0.15) is 25.1 Å². The number of aromatic amines is 1. The number of amides is 1. The van der Waals surface area contributed by atoms with Gasteiger partial charge in [-0.2, -0.15) is 4.98 Å². The highest BCUT2D eigenvalue weighted by molar-refractivity contribution is 6.20. The van der Waals surface area contributed by atoms with E-state index in [1.54, 1.807) is 12.4 Å². The van der Waals surface area contributed by atoms with Gasteiger partial charge in [0.1, 0.15) is 5.69 Å².